The number of pyridine rings is 1. The van der Waals surface area contributed by atoms with Crippen LogP contribution < -0.4 is 5.32 Å². The first-order valence-electron chi connectivity index (χ1n) is 8.53. The molecule has 0 saturated carbocycles. The highest BCUT2D eigenvalue weighted by molar-refractivity contribution is 7.99. The van der Waals surface area contributed by atoms with Crippen molar-refractivity contribution in [3.8, 4) is 11.4 Å². The molecule has 3 rings (SSSR count). The molecule has 0 atom stereocenters. The van der Waals surface area contributed by atoms with Gasteiger partial charge >= 0.3 is 0 Å². The lowest BCUT2D eigenvalue weighted by Crippen LogP contribution is -2.16. The number of aryl methyl sites for hydroxylation is 2. The molecule has 0 fully saturated rings. The van der Waals surface area contributed by atoms with Crippen molar-refractivity contribution in [3.63, 3.8) is 0 Å². The van der Waals surface area contributed by atoms with E-state index in [1.54, 1.807) is 18.5 Å². The Hall–Kier alpha value is -2.93. The predicted molar refractivity (Wildman–Crippen MR) is 109 cm³/mol. The molecule has 27 heavy (non-hydrogen) atoms. The van der Waals surface area contributed by atoms with E-state index < -0.39 is 0 Å². The maximum Gasteiger partial charge on any atom is 0.234 e. The molecule has 1 amide bonds. The topological polar surface area (TPSA) is 72.7 Å². The number of hydrogen-bond acceptors (Lipinski definition) is 5. The van der Waals surface area contributed by atoms with E-state index in [0.717, 1.165) is 22.4 Å². The number of thioether (sulfide) groups is 1. The molecule has 0 unspecified atom stereocenters. The Balaban J connectivity index is 1.73. The summed E-state index contributed by atoms with van der Waals surface area (Å²) < 4.78 is 1.93. The maximum absolute atomic E-state index is 12.4. The van der Waals surface area contributed by atoms with E-state index in [1.807, 2.05) is 48.7 Å². The van der Waals surface area contributed by atoms with Gasteiger partial charge in [-0.1, -0.05) is 36.0 Å². The van der Waals surface area contributed by atoms with Gasteiger partial charge in [-0.25, -0.2) is 0 Å². The predicted octanol–water partition coefficient (Wildman–Crippen LogP) is 3.87. The van der Waals surface area contributed by atoms with Gasteiger partial charge in [0.25, 0.3) is 0 Å². The van der Waals surface area contributed by atoms with E-state index in [-0.39, 0.29) is 11.7 Å². The number of hydrogen-bond donors (Lipinski definition) is 1. The average Bonchev–Trinajstić information content (AvgIpc) is 3.07. The zero-order valence-corrected chi connectivity index (χ0v) is 16.2. The van der Waals surface area contributed by atoms with Crippen LogP contribution in [0.3, 0.4) is 0 Å². The SMILES string of the molecule is C=CCn1c(SCC(=O)Nc2c(C)cccc2C)nnc1-c1cccnc1. The van der Waals surface area contributed by atoms with Crippen LogP contribution in [-0.2, 0) is 11.3 Å². The van der Waals surface area contributed by atoms with Crippen LogP contribution in [0.1, 0.15) is 11.1 Å². The summed E-state index contributed by atoms with van der Waals surface area (Å²) >= 11 is 1.35. The Labute approximate surface area is 162 Å². The first-order valence-corrected chi connectivity index (χ1v) is 9.52. The van der Waals surface area contributed by atoms with E-state index in [1.165, 1.54) is 11.8 Å². The van der Waals surface area contributed by atoms with Gasteiger partial charge in [0.15, 0.2) is 11.0 Å². The van der Waals surface area contributed by atoms with E-state index in [0.29, 0.717) is 17.5 Å². The molecule has 0 aliphatic carbocycles. The number of carbonyl (C=O) groups is 1. The lowest BCUT2D eigenvalue weighted by molar-refractivity contribution is -0.113. The molecule has 0 saturated heterocycles. The molecule has 0 bridgehead atoms. The van der Waals surface area contributed by atoms with Crippen molar-refractivity contribution in [2.75, 3.05) is 11.1 Å². The fraction of sp³-hybridized carbons (Fsp3) is 0.200. The van der Waals surface area contributed by atoms with E-state index in [9.17, 15) is 4.79 Å². The van der Waals surface area contributed by atoms with Gasteiger partial charge in [-0.3, -0.25) is 14.3 Å². The first kappa shape index (κ1) is 18.8. The van der Waals surface area contributed by atoms with Crippen molar-refractivity contribution in [1.29, 1.82) is 0 Å². The van der Waals surface area contributed by atoms with Crippen molar-refractivity contribution < 1.29 is 4.79 Å². The molecular formula is C20H21N5OS. The van der Waals surface area contributed by atoms with Crippen LogP contribution in [0.4, 0.5) is 5.69 Å². The van der Waals surface area contributed by atoms with Crippen LogP contribution in [0.2, 0.25) is 0 Å². The Bertz CT molecular complexity index is 932. The number of amides is 1. The molecule has 1 N–H and O–H groups in total. The van der Waals surface area contributed by atoms with Crippen LogP contribution in [-0.4, -0.2) is 31.4 Å². The zero-order chi connectivity index (χ0) is 19.2. The molecule has 138 valence electrons. The van der Waals surface area contributed by atoms with E-state index in [4.69, 9.17) is 0 Å². The third-order valence-corrected chi connectivity index (χ3v) is 4.99. The van der Waals surface area contributed by atoms with Crippen molar-refractivity contribution >= 4 is 23.4 Å². The number of nitrogens with zero attached hydrogens (tertiary/aromatic N) is 4. The summed E-state index contributed by atoms with van der Waals surface area (Å²) in [6, 6.07) is 9.73. The average molecular weight is 379 g/mol. The van der Waals surface area contributed by atoms with Gasteiger partial charge in [0.2, 0.25) is 5.91 Å². The monoisotopic (exact) mass is 379 g/mol. The van der Waals surface area contributed by atoms with Crippen LogP contribution in [0.5, 0.6) is 0 Å². The summed E-state index contributed by atoms with van der Waals surface area (Å²) in [5.74, 6) is 0.880. The maximum atomic E-state index is 12.4. The molecule has 0 spiro atoms. The van der Waals surface area contributed by atoms with Crippen molar-refractivity contribution in [2.24, 2.45) is 0 Å². The van der Waals surface area contributed by atoms with Gasteiger partial charge in [0.1, 0.15) is 0 Å². The van der Waals surface area contributed by atoms with Gasteiger partial charge in [-0.2, -0.15) is 0 Å². The number of carbonyl (C=O) groups excluding carboxylic acids is 1. The second kappa shape index (κ2) is 8.64. The van der Waals surface area contributed by atoms with Gasteiger partial charge in [0.05, 0.1) is 5.75 Å². The molecule has 3 aromatic rings. The summed E-state index contributed by atoms with van der Waals surface area (Å²) in [6.45, 7) is 8.32. The summed E-state index contributed by atoms with van der Waals surface area (Å²) in [7, 11) is 0. The van der Waals surface area contributed by atoms with Crippen LogP contribution in [0.25, 0.3) is 11.4 Å². The molecule has 0 aliphatic rings. The number of para-hydroxylation sites is 1. The Morgan fingerprint density at radius 3 is 2.67 bits per heavy atom. The Kier molecular flexibility index (Phi) is 6.03. The quantitative estimate of drug-likeness (QED) is 0.498. The van der Waals surface area contributed by atoms with Crippen LogP contribution in [0, 0.1) is 13.8 Å². The summed E-state index contributed by atoms with van der Waals surface area (Å²) in [5.41, 5.74) is 3.83. The minimum absolute atomic E-state index is 0.0755. The van der Waals surface area contributed by atoms with Crippen molar-refractivity contribution in [2.45, 2.75) is 25.5 Å². The smallest absolute Gasteiger partial charge is 0.234 e. The third kappa shape index (κ3) is 4.43. The number of allylic oxidation sites excluding steroid dienone is 1. The highest BCUT2D eigenvalue weighted by Gasteiger charge is 2.15. The van der Waals surface area contributed by atoms with Gasteiger partial charge in [0, 0.05) is 30.2 Å². The highest BCUT2D eigenvalue weighted by atomic mass is 32.2. The second-order valence-electron chi connectivity index (χ2n) is 6.05. The standard InChI is InChI=1S/C20H21N5OS/c1-4-11-25-19(16-9-6-10-21-12-16)23-24-20(25)27-13-17(26)22-18-14(2)7-5-8-15(18)3/h4-10,12H,1,11,13H2,2-3H3,(H,22,26). The van der Waals surface area contributed by atoms with E-state index in [2.05, 4.69) is 27.1 Å². The molecule has 7 heteroatoms. The minimum atomic E-state index is -0.0755. The van der Waals surface area contributed by atoms with Crippen LogP contribution in [0.15, 0.2) is 60.5 Å². The van der Waals surface area contributed by atoms with Gasteiger partial charge in [-0.15, -0.1) is 16.8 Å². The van der Waals surface area contributed by atoms with Crippen molar-refractivity contribution in [3.05, 3.63) is 66.5 Å². The molecular weight excluding hydrogens is 358 g/mol. The largest absolute Gasteiger partial charge is 0.325 e. The molecule has 2 heterocycles. The zero-order valence-electron chi connectivity index (χ0n) is 15.3. The summed E-state index contributed by atoms with van der Waals surface area (Å²) in [5, 5.41) is 12.2. The molecule has 1 aromatic carbocycles. The molecule has 6 nitrogen and oxygen atoms in total. The third-order valence-electron chi connectivity index (χ3n) is 4.03. The Morgan fingerprint density at radius 2 is 2.00 bits per heavy atom. The number of anilines is 1. The molecule has 2 aromatic heterocycles. The van der Waals surface area contributed by atoms with Crippen molar-refractivity contribution in [1.82, 2.24) is 19.7 Å². The minimum Gasteiger partial charge on any atom is -0.325 e. The fourth-order valence-electron chi connectivity index (χ4n) is 2.71. The fourth-order valence-corrected chi connectivity index (χ4v) is 3.46. The number of benzene rings is 1. The van der Waals surface area contributed by atoms with Gasteiger partial charge < -0.3 is 5.32 Å². The number of nitrogens with one attached hydrogen (secondary N) is 1. The van der Waals surface area contributed by atoms with E-state index >= 15 is 0 Å². The van der Waals surface area contributed by atoms with Crippen LogP contribution >= 0.6 is 11.8 Å². The number of rotatable bonds is 7. The highest BCUT2D eigenvalue weighted by Crippen LogP contribution is 2.24. The van der Waals surface area contributed by atoms with Gasteiger partial charge in [-0.05, 0) is 37.1 Å². The lowest BCUT2D eigenvalue weighted by atomic mass is 10.1. The molecule has 0 aliphatic heterocycles. The summed E-state index contributed by atoms with van der Waals surface area (Å²) in [6.07, 6.45) is 5.24. The second-order valence-corrected chi connectivity index (χ2v) is 6.99. The Morgan fingerprint density at radius 1 is 1.22 bits per heavy atom. The lowest BCUT2D eigenvalue weighted by Gasteiger charge is -2.11. The first-order chi connectivity index (χ1) is 13.1. The number of aromatic nitrogens is 4. The summed E-state index contributed by atoms with van der Waals surface area (Å²) in [4.78, 5) is 16.5. The molecule has 0 radical (unpaired) electrons. The normalized spacial score (nSPS) is 10.6.